The van der Waals surface area contributed by atoms with Crippen molar-refractivity contribution in [3.63, 3.8) is 0 Å². The summed E-state index contributed by atoms with van der Waals surface area (Å²) in [6.07, 6.45) is 0.734. The maximum absolute atomic E-state index is 13.1. The highest BCUT2D eigenvalue weighted by Gasteiger charge is 2.28. The molecule has 0 aliphatic rings. The quantitative estimate of drug-likeness (QED) is 0.433. The molecule has 0 saturated heterocycles. The molecular formula is C8HF5N2O. The van der Waals surface area contributed by atoms with Gasteiger partial charge in [-0.3, -0.25) is 0 Å². The molecule has 3 nitrogen and oxygen atoms in total. The predicted molar refractivity (Wildman–Crippen MR) is 39.5 cm³/mol. The molecule has 0 fully saturated rings. The topological polar surface area (TPSA) is 38.9 Å². The van der Waals surface area contributed by atoms with Crippen molar-refractivity contribution in [1.82, 2.24) is 10.4 Å². The van der Waals surface area contributed by atoms with E-state index in [9.17, 15) is 22.0 Å². The first-order valence-corrected chi connectivity index (χ1v) is 3.83. The molecule has 1 aromatic carbocycles. The molecule has 1 aromatic heterocycles. The van der Waals surface area contributed by atoms with Crippen LogP contribution in [0, 0.1) is 29.1 Å². The minimum atomic E-state index is -2.23. The van der Waals surface area contributed by atoms with Gasteiger partial charge < -0.3 is 4.52 Å². The van der Waals surface area contributed by atoms with Crippen molar-refractivity contribution in [2.75, 3.05) is 0 Å². The lowest BCUT2D eigenvalue weighted by Crippen LogP contribution is -2.03. The van der Waals surface area contributed by atoms with E-state index in [0.717, 1.165) is 6.20 Å². The number of rotatable bonds is 1. The average Bonchev–Trinajstić information content (AvgIpc) is 2.77. The number of hydrogen-bond acceptors (Lipinski definition) is 3. The van der Waals surface area contributed by atoms with E-state index < -0.39 is 40.4 Å². The van der Waals surface area contributed by atoms with Crippen LogP contribution in [-0.2, 0) is 0 Å². The summed E-state index contributed by atoms with van der Waals surface area (Å²) in [6.45, 7) is 0. The molecule has 8 heteroatoms. The lowest BCUT2D eigenvalue weighted by atomic mass is 10.1. The number of hydrogen-bond donors (Lipinski definition) is 0. The average molecular weight is 236 g/mol. The Morgan fingerprint density at radius 3 is 1.75 bits per heavy atom. The predicted octanol–water partition coefficient (Wildman–Crippen LogP) is 2.43. The molecule has 2 rings (SSSR count). The minimum Gasteiger partial charge on any atom is -0.337 e. The highest BCUT2D eigenvalue weighted by molar-refractivity contribution is 5.58. The Kier molecular flexibility index (Phi) is 2.33. The highest BCUT2D eigenvalue weighted by atomic mass is 19.2. The molecule has 0 bridgehead atoms. The Balaban J connectivity index is 2.81. The van der Waals surface area contributed by atoms with Crippen molar-refractivity contribution in [1.29, 1.82) is 0 Å². The Bertz CT molecular complexity index is 511. The lowest BCUT2D eigenvalue weighted by molar-refractivity contribution is 0.369. The zero-order chi connectivity index (χ0) is 11.9. The molecule has 0 spiro atoms. The maximum atomic E-state index is 13.1. The van der Waals surface area contributed by atoms with Crippen LogP contribution < -0.4 is 0 Å². The molecule has 0 aliphatic carbocycles. The van der Waals surface area contributed by atoms with Crippen molar-refractivity contribution in [2.24, 2.45) is 0 Å². The minimum absolute atomic E-state index is 0.646. The number of halogens is 5. The van der Waals surface area contributed by atoms with E-state index in [1.54, 1.807) is 0 Å². The normalized spacial score (nSPS) is 10.8. The van der Waals surface area contributed by atoms with Gasteiger partial charge in [0.25, 0.3) is 0 Å². The van der Waals surface area contributed by atoms with Gasteiger partial charge in [-0.05, 0) is 0 Å². The fourth-order valence-corrected chi connectivity index (χ4v) is 1.10. The molecule has 2 aromatic rings. The molecule has 0 radical (unpaired) electrons. The van der Waals surface area contributed by atoms with E-state index in [4.69, 9.17) is 0 Å². The van der Waals surface area contributed by atoms with Crippen molar-refractivity contribution in [3.8, 4) is 11.3 Å². The van der Waals surface area contributed by atoms with Gasteiger partial charge in [-0.1, -0.05) is 0 Å². The maximum Gasteiger partial charge on any atom is 0.200 e. The van der Waals surface area contributed by atoms with Crippen LogP contribution in [0.1, 0.15) is 0 Å². The van der Waals surface area contributed by atoms with Gasteiger partial charge in [0.15, 0.2) is 29.0 Å². The molecule has 0 aliphatic heterocycles. The van der Waals surface area contributed by atoms with E-state index in [1.807, 2.05) is 0 Å². The largest absolute Gasteiger partial charge is 0.337 e. The van der Waals surface area contributed by atoms with Crippen molar-refractivity contribution in [3.05, 3.63) is 35.3 Å². The van der Waals surface area contributed by atoms with Crippen LogP contribution in [0.3, 0.4) is 0 Å². The highest BCUT2D eigenvalue weighted by Crippen LogP contribution is 2.30. The zero-order valence-corrected chi connectivity index (χ0v) is 7.27. The third-order valence-electron chi connectivity index (χ3n) is 1.82. The first kappa shape index (κ1) is 10.5. The van der Waals surface area contributed by atoms with E-state index in [1.165, 1.54) is 0 Å². The van der Waals surface area contributed by atoms with Gasteiger partial charge in [0.2, 0.25) is 5.82 Å². The Hall–Kier alpha value is -1.99. The second kappa shape index (κ2) is 3.54. The Morgan fingerprint density at radius 1 is 0.812 bits per heavy atom. The van der Waals surface area contributed by atoms with Crippen LogP contribution >= 0.6 is 0 Å². The van der Waals surface area contributed by atoms with Crippen LogP contribution in [0.15, 0.2) is 10.7 Å². The van der Waals surface area contributed by atoms with Gasteiger partial charge in [0, 0.05) is 5.27 Å². The van der Waals surface area contributed by atoms with Crippen molar-refractivity contribution < 1.29 is 26.5 Å². The molecular weight excluding hydrogens is 235 g/mol. The lowest BCUT2D eigenvalue weighted by Gasteiger charge is -2.04. The second-order valence-corrected chi connectivity index (χ2v) is 2.73. The standard InChI is InChI=1S/C8HF5N2O/c9-4-3(2-1-14-15-16-2)5(10)7(12)8(13)6(4)11/h1H. The molecule has 0 atom stereocenters. The third kappa shape index (κ3) is 1.34. The Labute approximate surface area is 84.5 Å². The van der Waals surface area contributed by atoms with Gasteiger partial charge >= 0.3 is 0 Å². The number of aromatic nitrogens is 2. The van der Waals surface area contributed by atoms with Crippen molar-refractivity contribution >= 4 is 0 Å². The van der Waals surface area contributed by atoms with Gasteiger partial charge in [0.05, 0.1) is 11.8 Å². The molecule has 1 heterocycles. The fourth-order valence-electron chi connectivity index (χ4n) is 1.10. The monoisotopic (exact) mass is 236 g/mol. The van der Waals surface area contributed by atoms with E-state index in [-0.39, 0.29) is 0 Å². The SMILES string of the molecule is Fc1c(F)c(F)c(-c2cnno2)c(F)c1F. The number of nitrogens with zero attached hydrogens (tertiary/aromatic N) is 2. The summed E-state index contributed by atoms with van der Waals surface area (Å²) in [5, 5.41) is 5.94. The summed E-state index contributed by atoms with van der Waals surface area (Å²) in [6, 6.07) is 0. The summed E-state index contributed by atoms with van der Waals surface area (Å²) in [7, 11) is 0. The molecule has 0 unspecified atom stereocenters. The molecule has 16 heavy (non-hydrogen) atoms. The van der Waals surface area contributed by atoms with Crippen LogP contribution in [0.4, 0.5) is 22.0 Å². The first-order valence-electron chi connectivity index (χ1n) is 3.83. The summed E-state index contributed by atoms with van der Waals surface area (Å²) in [5.41, 5.74) is -1.19. The van der Waals surface area contributed by atoms with Crippen LogP contribution in [-0.4, -0.2) is 10.4 Å². The van der Waals surface area contributed by atoms with Gasteiger partial charge in [-0.2, -0.15) is 0 Å². The smallest absolute Gasteiger partial charge is 0.200 e. The summed E-state index contributed by atoms with van der Waals surface area (Å²) < 4.78 is 68.6. The summed E-state index contributed by atoms with van der Waals surface area (Å²) >= 11 is 0. The fraction of sp³-hybridized carbons (Fsp3) is 0. The van der Waals surface area contributed by atoms with E-state index >= 15 is 0 Å². The molecule has 0 amide bonds. The van der Waals surface area contributed by atoms with Crippen LogP contribution in [0.5, 0.6) is 0 Å². The van der Waals surface area contributed by atoms with Crippen LogP contribution in [0.25, 0.3) is 11.3 Å². The van der Waals surface area contributed by atoms with E-state index in [2.05, 4.69) is 14.9 Å². The van der Waals surface area contributed by atoms with Crippen molar-refractivity contribution in [2.45, 2.75) is 0 Å². The van der Waals surface area contributed by atoms with Crippen LogP contribution in [0.2, 0.25) is 0 Å². The summed E-state index contributed by atoms with van der Waals surface area (Å²) in [4.78, 5) is 0. The third-order valence-corrected chi connectivity index (χ3v) is 1.82. The second-order valence-electron chi connectivity index (χ2n) is 2.73. The Morgan fingerprint density at radius 2 is 1.31 bits per heavy atom. The van der Waals surface area contributed by atoms with Gasteiger partial charge in [-0.15, -0.1) is 5.10 Å². The molecule has 84 valence electrons. The summed E-state index contributed by atoms with van der Waals surface area (Å²) in [5.74, 6) is -11.0. The number of benzene rings is 1. The zero-order valence-electron chi connectivity index (χ0n) is 7.27. The van der Waals surface area contributed by atoms with Gasteiger partial charge in [0.1, 0.15) is 0 Å². The molecule has 0 N–H and O–H groups in total. The van der Waals surface area contributed by atoms with Gasteiger partial charge in [-0.25, -0.2) is 22.0 Å². The van der Waals surface area contributed by atoms with E-state index in [0.29, 0.717) is 0 Å². The first-order chi connectivity index (χ1) is 7.54. The molecule has 0 saturated carbocycles.